The summed E-state index contributed by atoms with van der Waals surface area (Å²) < 4.78 is 34.7. The van der Waals surface area contributed by atoms with Gasteiger partial charge in [-0.2, -0.15) is 0 Å². The Bertz CT molecular complexity index is 1730. The topological polar surface area (TPSA) is 142 Å². The molecule has 0 aliphatic rings. The Morgan fingerprint density at radius 2 is 1.00 bits per heavy atom. The van der Waals surface area contributed by atoms with Gasteiger partial charge in [-0.3, -0.25) is 0 Å². The number of benzene rings is 4. The van der Waals surface area contributed by atoms with Crippen LogP contribution >= 0.6 is 7.59 Å². The van der Waals surface area contributed by atoms with Crippen LogP contribution in [-0.2, 0) is 13.2 Å². The Balaban J connectivity index is 1.35. The van der Waals surface area contributed by atoms with Crippen molar-refractivity contribution in [2.24, 2.45) is 0 Å². The van der Waals surface area contributed by atoms with Crippen LogP contribution in [-0.4, -0.2) is 30.6 Å². The summed E-state index contributed by atoms with van der Waals surface area (Å²) in [5.74, 6) is 9.06. The molecular formula is C34H30BN2O10P. The summed E-state index contributed by atoms with van der Waals surface area (Å²) in [5, 5.41) is 22.9. The molecule has 0 bridgehead atoms. The minimum atomic E-state index is -2.98. The Morgan fingerprint density at radius 3 is 1.33 bits per heavy atom. The van der Waals surface area contributed by atoms with Crippen LogP contribution in [0.4, 0.5) is 11.4 Å². The van der Waals surface area contributed by atoms with Crippen molar-refractivity contribution >= 4 is 26.5 Å². The molecular weight excluding hydrogens is 638 g/mol. The van der Waals surface area contributed by atoms with Crippen molar-refractivity contribution in [1.29, 1.82) is 0 Å². The Labute approximate surface area is 278 Å². The van der Waals surface area contributed by atoms with E-state index in [1.54, 1.807) is 54.3 Å². The van der Waals surface area contributed by atoms with Gasteiger partial charge in [-0.05, 0) is 0 Å². The first-order valence-corrected chi connectivity index (χ1v) is 16.7. The van der Waals surface area contributed by atoms with E-state index in [4.69, 9.17) is 40.8 Å². The molecule has 0 atom stereocenters. The van der Waals surface area contributed by atoms with E-state index in [1.807, 2.05) is 7.57 Å². The molecule has 0 aromatic heterocycles. The zero-order chi connectivity index (χ0) is 34.5. The molecule has 0 N–H and O–H groups in total. The molecule has 0 saturated heterocycles. The molecule has 0 fully saturated rings. The Kier molecular flexibility index (Phi) is 11.9. The van der Waals surface area contributed by atoms with Gasteiger partial charge in [0.15, 0.2) is 0 Å². The van der Waals surface area contributed by atoms with Gasteiger partial charge in [0.2, 0.25) is 0 Å². The molecule has 0 aliphatic carbocycles. The summed E-state index contributed by atoms with van der Waals surface area (Å²) in [6.07, 6.45) is 10.5. The average molecular weight is 668 g/mol. The summed E-state index contributed by atoms with van der Waals surface area (Å²) in [6, 6.07) is 22.1. The molecule has 4 rings (SSSR count). The number of hydrogen-bond donors (Lipinski definition) is 0. The van der Waals surface area contributed by atoms with Crippen molar-refractivity contribution in [3.05, 3.63) is 129 Å². The van der Waals surface area contributed by atoms with Crippen molar-refractivity contribution in [3.8, 4) is 59.2 Å². The molecule has 4 aromatic carbocycles. The van der Waals surface area contributed by atoms with Gasteiger partial charge < -0.3 is 0 Å². The van der Waals surface area contributed by atoms with Crippen LogP contribution in [0.1, 0.15) is 11.1 Å². The van der Waals surface area contributed by atoms with Gasteiger partial charge in [-0.25, -0.2) is 0 Å². The summed E-state index contributed by atoms with van der Waals surface area (Å²) >= 11 is 0. The monoisotopic (exact) mass is 668 g/mol. The number of nitro benzene ring substituents is 2. The van der Waals surface area contributed by atoms with E-state index in [0.717, 1.165) is 0 Å². The van der Waals surface area contributed by atoms with Gasteiger partial charge in [0.1, 0.15) is 0 Å². The Hall–Kier alpha value is -6.17. The SMILES string of the molecule is B[PH](C=C)(Oc1ccc(OCc2cc(OCC#C)ccc2[N+](=O)[O-])cc1)Oc1ccc(OCc2cc(OCC#C)ccc2[N+](=O)[O-])cc1. The quantitative estimate of drug-likeness (QED) is 0.0407. The fourth-order valence-electron chi connectivity index (χ4n) is 4.24. The second-order valence-corrected chi connectivity index (χ2v) is 12.9. The summed E-state index contributed by atoms with van der Waals surface area (Å²) in [4.78, 5) is 22.0. The van der Waals surface area contributed by atoms with E-state index >= 15 is 0 Å². The first kappa shape index (κ1) is 34.7. The second kappa shape index (κ2) is 16.4. The molecule has 0 spiro atoms. The Morgan fingerprint density at radius 1 is 0.646 bits per heavy atom. The standard InChI is InChI=1S/C34H30BN2O10P/c1-4-19-42-31-15-17-33(36(38)39)25(21-31)23-44-27-7-11-29(12-8-27)46-48(35,6-3)47-30-13-9-28(10-14-30)45-24-26-22-32(43-20-5-2)16-18-34(26)37(40)41/h1-2,6-18,21-22,48H,3,19-20,23-24,35H2. The van der Waals surface area contributed by atoms with Gasteiger partial charge in [0.25, 0.3) is 0 Å². The van der Waals surface area contributed by atoms with Crippen molar-refractivity contribution in [2.45, 2.75) is 13.2 Å². The molecule has 0 aliphatic heterocycles. The van der Waals surface area contributed by atoms with Gasteiger partial charge in [-0.15, -0.1) is 12.8 Å². The van der Waals surface area contributed by atoms with E-state index < -0.39 is 17.4 Å². The van der Waals surface area contributed by atoms with Gasteiger partial charge in [0.05, 0.1) is 0 Å². The second-order valence-electron chi connectivity index (χ2n) is 10.0. The minimum absolute atomic E-state index is 0.0331. The first-order chi connectivity index (χ1) is 23.1. The van der Waals surface area contributed by atoms with E-state index in [0.29, 0.717) is 45.6 Å². The van der Waals surface area contributed by atoms with Crippen molar-refractivity contribution in [1.82, 2.24) is 0 Å². The van der Waals surface area contributed by atoms with Crippen LogP contribution in [0.3, 0.4) is 0 Å². The van der Waals surface area contributed by atoms with E-state index in [-0.39, 0.29) is 37.8 Å². The van der Waals surface area contributed by atoms with E-state index in [1.165, 1.54) is 36.4 Å². The van der Waals surface area contributed by atoms with Crippen molar-refractivity contribution < 1.29 is 37.8 Å². The third-order valence-corrected chi connectivity index (χ3v) is 8.61. The third-order valence-electron chi connectivity index (χ3n) is 6.59. The predicted molar refractivity (Wildman–Crippen MR) is 185 cm³/mol. The number of rotatable bonds is 17. The molecule has 48 heavy (non-hydrogen) atoms. The molecule has 244 valence electrons. The average Bonchev–Trinajstić information content (AvgIpc) is 3.09. The molecule has 14 heteroatoms. The molecule has 0 saturated carbocycles. The van der Waals surface area contributed by atoms with Crippen LogP contribution in [0.25, 0.3) is 0 Å². The third kappa shape index (κ3) is 9.67. The maximum absolute atomic E-state index is 11.5. The number of ether oxygens (including phenoxy) is 4. The zero-order valence-electron chi connectivity index (χ0n) is 25.8. The number of hydrogen-bond acceptors (Lipinski definition) is 10. The fraction of sp³-hybridized carbons (Fsp3) is 0.118. The molecule has 12 nitrogen and oxygen atoms in total. The first-order valence-electron chi connectivity index (χ1n) is 14.3. The zero-order valence-corrected chi connectivity index (χ0v) is 26.8. The maximum atomic E-state index is 11.5. The molecule has 4 aromatic rings. The van der Waals surface area contributed by atoms with Crippen LogP contribution in [0.15, 0.2) is 97.3 Å². The van der Waals surface area contributed by atoms with Crippen LogP contribution < -0.4 is 28.0 Å². The summed E-state index contributed by atoms with van der Waals surface area (Å²) in [6.45, 7) is 3.81. The summed E-state index contributed by atoms with van der Waals surface area (Å²) in [5.41, 5.74) is 0.446. The van der Waals surface area contributed by atoms with Crippen molar-refractivity contribution in [3.63, 3.8) is 0 Å². The normalized spacial score (nSPS) is 10.8. The molecule has 0 heterocycles. The predicted octanol–water partition coefficient (Wildman–Crippen LogP) is 6.41. The van der Waals surface area contributed by atoms with E-state index in [9.17, 15) is 20.2 Å². The van der Waals surface area contributed by atoms with Crippen molar-refractivity contribution in [2.75, 3.05) is 13.2 Å². The summed E-state index contributed by atoms with van der Waals surface area (Å²) in [7, 11) is -1.16. The van der Waals surface area contributed by atoms with Gasteiger partial charge in [-0.1, -0.05) is 11.8 Å². The van der Waals surface area contributed by atoms with Gasteiger partial charge >= 0.3 is 254 Å². The van der Waals surface area contributed by atoms with Crippen LogP contribution in [0, 0.1) is 44.9 Å². The van der Waals surface area contributed by atoms with Gasteiger partial charge in [0, 0.05) is 0 Å². The molecule has 0 radical (unpaired) electrons. The van der Waals surface area contributed by atoms with Crippen LogP contribution in [0.2, 0.25) is 0 Å². The molecule has 0 amide bonds. The number of nitrogens with zero attached hydrogens (tertiary/aromatic N) is 2. The van der Waals surface area contributed by atoms with E-state index in [2.05, 4.69) is 18.4 Å². The number of terminal acetylenes is 2. The fourth-order valence-corrected chi connectivity index (χ4v) is 5.66. The number of nitro groups is 2. The van der Waals surface area contributed by atoms with Crippen LogP contribution in [0.5, 0.6) is 34.5 Å². The molecule has 0 unspecified atom stereocenters.